The zero-order valence-electron chi connectivity index (χ0n) is 13.4. The fourth-order valence-electron chi connectivity index (χ4n) is 4.00. The van der Waals surface area contributed by atoms with Crippen LogP contribution in [0, 0.1) is 6.92 Å². The first-order valence-electron chi connectivity index (χ1n) is 8.18. The molecule has 0 bridgehead atoms. The Bertz CT molecular complexity index is 552. The maximum absolute atomic E-state index is 12.4. The highest BCUT2D eigenvalue weighted by molar-refractivity contribution is 7.09. The Balaban J connectivity index is 1.74. The van der Waals surface area contributed by atoms with Crippen LogP contribution in [-0.2, 0) is 11.3 Å². The summed E-state index contributed by atoms with van der Waals surface area (Å²) in [5.74, 6) is 0.303. The summed E-state index contributed by atoms with van der Waals surface area (Å²) in [6.07, 6.45) is 6.99. The number of amides is 1. The molecule has 1 atom stereocenters. The van der Waals surface area contributed by atoms with Gasteiger partial charge < -0.3 is 4.90 Å². The molecule has 0 saturated carbocycles. The van der Waals surface area contributed by atoms with Crippen LogP contribution in [-0.4, -0.2) is 45.9 Å². The molecule has 22 heavy (non-hydrogen) atoms. The fraction of sp³-hybridized carbons (Fsp3) is 0.647. The molecule has 0 radical (unpaired) electrons. The first-order valence-corrected chi connectivity index (χ1v) is 9.06. The number of aromatic nitrogens is 1. The summed E-state index contributed by atoms with van der Waals surface area (Å²) in [6, 6.07) is 0. The maximum Gasteiger partial charge on any atom is 0.223 e. The van der Waals surface area contributed by atoms with Crippen molar-refractivity contribution < 1.29 is 4.79 Å². The molecule has 2 aliphatic rings. The van der Waals surface area contributed by atoms with E-state index in [0.717, 1.165) is 56.0 Å². The molecule has 2 fully saturated rings. The number of likely N-dealkylation sites (tertiary alicyclic amines) is 2. The van der Waals surface area contributed by atoms with Crippen molar-refractivity contribution in [3.8, 4) is 0 Å². The quantitative estimate of drug-likeness (QED) is 0.801. The van der Waals surface area contributed by atoms with Crippen molar-refractivity contribution in [1.82, 2.24) is 14.8 Å². The van der Waals surface area contributed by atoms with E-state index < -0.39 is 0 Å². The van der Waals surface area contributed by atoms with Crippen molar-refractivity contribution in [2.75, 3.05) is 19.6 Å². The molecule has 3 rings (SSSR count). The number of thiazole rings is 1. The van der Waals surface area contributed by atoms with Gasteiger partial charge in [-0.05, 0) is 39.2 Å². The lowest BCUT2D eigenvalue weighted by atomic mass is 9.79. The van der Waals surface area contributed by atoms with Crippen LogP contribution in [0.4, 0.5) is 0 Å². The minimum atomic E-state index is 0.0207. The second-order valence-electron chi connectivity index (χ2n) is 6.54. The van der Waals surface area contributed by atoms with E-state index >= 15 is 0 Å². The second-order valence-corrected chi connectivity index (χ2v) is 7.61. The summed E-state index contributed by atoms with van der Waals surface area (Å²) < 4.78 is 0. The average molecular weight is 319 g/mol. The van der Waals surface area contributed by atoms with Gasteiger partial charge in [-0.3, -0.25) is 9.69 Å². The summed E-state index contributed by atoms with van der Waals surface area (Å²) >= 11 is 1.71. The predicted molar refractivity (Wildman–Crippen MR) is 89.9 cm³/mol. The minimum Gasteiger partial charge on any atom is -0.332 e. The second kappa shape index (κ2) is 6.50. The van der Waals surface area contributed by atoms with Crippen LogP contribution in [0.3, 0.4) is 0 Å². The van der Waals surface area contributed by atoms with E-state index in [1.54, 1.807) is 11.3 Å². The number of carbonyl (C=O) groups excluding carboxylic acids is 1. The molecule has 3 heterocycles. The van der Waals surface area contributed by atoms with Gasteiger partial charge in [0.2, 0.25) is 5.91 Å². The standard InChI is InChI=1S/C17H25N3OS/c1-3-9-20-16(21)6-4-7-17(20)8-5-10-19(13-17)11-15-12-22-14(2)18-15/h3,12H,1,4-11,13H2,2H3. The van der Waals surface area contributed by atoms with Gasteiger partial charge in [0, 0.05) is 31.4 Å². The monoisotopic (exact) mass is 319 g/mol. The number of piperidine rings is 2. The smallest absolute Gasteiger partial charge is 0.223 e. The van der Waals surface area contributed by atoms with Gasteiger partial charge in [-0.25, -0.2) is 4.98 Å². The van der Waals surface area contributed by atoms with Crippen molar-refractivity contribution >= 4 is 17.2 Å². The molecule has 2 aliphatic heterocycles. The van der Waals surface area contributed by atoms with Crippen LogP contribution >= 0.6 is 11.3 Å². The number of aryl methyl sites for hydroxylation is 1. The first kappa shape index (κ1) is 15.7. The number of carbonyl (C=O) groups is 1. The van der Waals surface area contributed by atoms with E-state index in [0.29, 0.717) is 18.9 Å². The minimum absolute atomic E-state index is 0.0207. The Morgan fingerprint density at radius 1 is 1.45 bits per heavy atom. The highest BCUT2D eigenvalue weighted by atomic mass is 32.1. The molecule has 0 aromatic carbocycles. The molecule has 1 aromatic heterocycles. The predicted octanol–water partition coefficient (Wildman–Crippen LogP) is 2.98. The zero-order valence-corrected chi connectivity index (χ0v) is 14.2. The van der Waals surface area contributed by atoms with Crippen LogP contribution < -0.4 is 0 Å². The molecule has 1 aromatic rings. The Hall–Kier alpha value is -1.20. The van der Waals surface area contributed by atoms with Crippen LogP contribution in [0.2, 0.25) is 0 Å². The summed E-state index contributed by atoms with van der Waals surface area (Å²) in [5.41, 5.74) is 1.18. The molecular formula is C17H25N3OS. The van der Waals surface area contributed by atoms with E-state index in [4.69, 9.17) is 0 Å². The van der Waals surface area contributed by atoms with E-state index in [-0.39, 0.29) is 5.54 Å². The van der Waals surface area contributed by atoms with Gasteiger partial charge in [-0.1, -0.05) is 6.08 Å². The highest BCUT2D eigenvalue weighted by Crippen LogP contribution is 2.37. The molecule has 5 heteroatoms. The number of hydrogen-bond donors (Lipinski definition) is 0. The molecule has 0 N–H and O–H groups in total. The lowest BCUT2D eigenvalue weighted by molar-refractivity contribution is -0.144. The Kier molecular flexibility index (Phi) is 4.64. The zero-order chi connectivity index (χ0) is 15.6. The van der Waals surface area contributed by atoms with Crippen LogP contribution in [0.15, 0.2) is 18.0 Å². The van der Waals surface area contributed by atoms with Crippen molar-refractivity contribution in [2.24, 2.45) is 0 Å². The SMILES string of the molecule is C=CCN1C(=O)CCCC12CCCN(Cc1csc(C)n1)C2. The molecule has 4 nitrogen and oxygen atoms in total. The molecule has 0 aliphatic carbocycles. The van der Waals surface area contributed by atoms with Gasteiger partial charge >= 0.3 is 0 Å². The van der Waals surface area contributed by atoms with Crippen molar-refractivity contribution in [3.63, 3.8) is 0 Å². The van der Waals surface area contributed by atoms with E-state index in [1.165, 1.54) is 0 Å². The van der Waals surface area contributed by atoms with E-state index in [2.05, 4.69) is 33.7 Å². The lowest BCUT2D eigenvalue weighted by Gasteiger charge is -2.52. The summed E-state index contributed by atoms with van der Waals surface area (Å²) in [4.78, 5) is 21.5. The van der Waals surface area contributed by atoms with Crippen molar-refractivity contribution in [1.29, 1.82) is 0 Å². The fourth-order valence-corrected chi connectivity index (χ4v) is 4.61. The first-order chi connectivity index (χ1) is 10.6. The molecule has 1 amide bonds. The Morgan fingerprint density at radius 2 is 2.27 bits per heavy atom. The van der Waals surface area contributed by atoms with Gasteiger partial charge in [-0.2, -0.15) is 0 Å². The lowest BCUT2D eigenvalue weighted by Crippen LogP contribution is -2.62. The van der Waals surface area contributed by atoms with Crippen LogP contribution in [0.1, 0.15) is 42.8 Å². The molecule has 1 unspecified atom stereocenters. The van der Waals surface area contributed by atoms with Crippen molar-refractivity contribution in [3.05, 3.63) is 28.7 Å². The summed E-state index contributed by atoms with van der Waals surface area (Å²) in [7, 11) is 0. The number of nitrogens with zero attached hydrogens (tertiary/aromatic N) is 3. The number of rotatable bonds is 4. The number of hydrogen-bond acceptors (Lipinski definition) is 4. The highest BCUT2D eigenvalue weighted by Gasteiger charge is 2.44. The van der Waals surface area contributed by atoms with Gasteiger partial charge in [0.1, 0.15) is 0 Å². The topological polar surface area (TPSA) is 36.4 Å². The van der Waals surface area contributed by atoms with Crippen LogP contribution in [0.5, 0.6) is 0 Å². The molecular weight excluding hydrogens is 294 g/mol. The third-order valence-electron chi connectivity index (χ3n) is 4.90. The molecule has 2 saturated heterocycles. The third kappa shape index (κ3) is 3.10. The van der Waals surface area contributed by atoms with Gasteiger partial charge in [0.05, 0.1) is 16.2 Å². The van der Waals surface area contributed by atoms with Crippen LogP contribution in [0.25, 0.3) is 0 Å². The summed E-state index contributed by atoms with van der Waals surface area (Å²) in [6.45, 7) is 9.56. The van der Waals surface area contributed by atoms with Gasteiger partial charge in [0.25, 0.3) is 0 Å². The molecule has 1 spiro atoms. The van der Waals surface area contributed by atoms with Gasteiger partial charge in [-0.15, -0.1) is 17.9 Å². The summed E-state index contributed by atoms with van der Waals surface area (Å²) in [5, 5.41) is 3.28. The molecule has 120 valence electrons. The van der Waals surface area contributed by atoms with Gasteiger partial charge in [0.15, 0.2) is 0 Å². The Morgan fingerprint density at radius 3 is 3.00 bits per heavy atom. The average Bonchev–Trinajstić information content (AvgIpc) is 2.89. The largest absolute Gasteiger partial charge is 0.332 e. The normalized spacial score (nSPS) is 26.6. The van der Waals surface area contributed by atoms with E-state index in [9.17, 15) is 4.79 Å². The van der Waals surface area contributed by atoms with Crippen molar-refractivity contribution in [2.45, 2.75) is 51.1 Å². The Labute approximate surface area is 136 Å². The third-order valence-corrected chi connectivity index (χ3v) is 5.73. The van der Waals surface area contributed by atoms with E-state index in [1.807, 2.05) is 6.08 Å². The maximum atomic E-state index is 12.4.